The largest absolute Gasteiger partial charge is 0.441 e. The summed E-state index contributed by atoms with van der Waals surface area (Å²) in [5.74, 6) is 0.944. The van der Waals surface area contributed by atoms with Gasteiger partial charge in [-0.1, -0.05) is 24.3 Å². The minimum absolute atomic E-state index is 0.173. The van der Waals surface area contributed by atoms with Gasteiger partial charge in [0.25, 0.3) is 5.60 Å². The van der Waals surface area contributed by atoms with Gasteiger partial charge in [0.1, 0.15) is 11.5 Å². The van der Waals surface area contributed by atoms with Gasteiger partial charge in [0.15, 0.2) is 0 Å². The van der Waals surface area contributed by atoms with E-state index in [2.05, 4.69) is 4.98 Å². The number of rotatable bonds is 4. The van der Waals surface area contributed by atoms with Gasteiger partial charge in [-0.15, -0.1) is 0 Å². The quantitative estimate of drug-likeness (QED) is 0.334. The van der Waals surface area contributed by atoms with E-state index in [1.807, 2.05) is 30.3 Å². The summed E-state index contributed by atoms with van der Waals surface area (Å²) in [4.78, 5) is 4.53. The van der Waals surface area contributed by atoms with Crippen LogP contribution in [0, 0.1) is 20.8 Å². The van der Waals surface area contributed by atoms with Gasteiger partial charge in [-0.3, -0.25) is 0 Å². The Kier molecular flexibility index (Phi) is 5.55. The van der Waals surface area contributed by atoms with Crippen molar-refractivity contribution in [2.75, 3.05) is 0 Å². The average Bonchev–Trinajstić information content (AvgIpc) is 3.25. The first-order chi connectivity index (χ1) is 15.8. The van der Waals surface area contributed by atoms with Crippen LogP contribution in [0.25, 0.3) is 22.4 Å². The number of halogens is 6. The number of aliphatic hydroxyl groups is 1. The number of fused-ring (bicyclic) bond motifs is 1. The fourth-order valence-electron chi connectivity index (χ4n) is 4.00. The van der Waals surface area contributed by atoms with Crippen molar-refractivity contribution in [2.24, 2.45) is 0 Å². The topological polar surface area (TPSA) is 51.2 Å². The van der Waals surface area contributed by atoms with E-state index in [4.69, 9.17) is 4.42 Å². The van der Waals surface area contributed by atoms with Crippen molar-refractivity contribution in [3.05, 3.63) is 76.8 Å². The van der Waals surface area contributed by atoms with E-state index in [0.29, 0.717) is 40.2 Å². The van der Waals surface area contributed by atoms with Crippen LogP contribution in [0.5, 0.6) is 0 Å². The van der Waals surface area contributed by atoms with Crippen LogP contribution < -0.4 is 0 Å². The summed E-state index contributed by atoms with van der Waals surface area (Å²) in [6, 6.07) is 11.7. The van der Waals surface area contributed by atoms with Crippen LogP contribution in [0.4, 0.5) is 26.3 Å². The third-order valence-corrected chi connectivity index (χ3v) is 6.10. The third kappa shape index (κ3) is 3.66. The Labute approximate surface area is 190 Å². The number of benzene rings is 2. The van der Waals surface area contributed by atoms with Gasteiger partial charge in [0.2, 0.25) is 5.89 Å². The molecule has 4 aromatic rings. The second kappa shape index (κ2) is 7.90. The van der Waals surface area contributed by atoms with Crippen molar-refractivity contribution < 1.29 is 35.9 Å². The Morgan fingerprint density at radius 1 is 0.912 bits per heavy atom. The van der Waals surface area contributed by atoms with Gasteiger partial charge in [-0.2, -0.15) is 26.3 Å². The molecule has 0 spiro atoms. The van der Waals surface area contributed by atoms with Gasteiger partial charge in [-0.05, 0) is 50.6 Å². The molecule has 0 amide bonds. The maximum absolute atomic E-state index is 13.4. The summed E-state index contributed by atoms with van der Waals surface area (Å²) in [7, 11) is 0. The molecular formula is C24H20F6N2O2. The summed E-state index contributed by atoms with van der Waals surface area (Å²) in [5.41, 5.74) is -3.38. The number of aromatic nitrogens is 2. The Morgan fingerprint density at radius 3 is 2.12 bits per heavy atom. The first kappa shape index (κ1) is 23.9. The molecule has 180 valence electrons. The van der Waals surface area contributed by atoms with Gasteiger partial charge < -0.3 is 14.1 Å². The SMILES string of the molecule is Cc1oc(-c2ccccc2)nc1Cn1c(C)c(C)c2cc(C(O)(C(F)(F)F)C(F)(F)F)ccc21. The lowest BCUT2D eigenvalue weighted by atomic mass is 9.91. The molecule has 0 bridgehead atoms. The zero-order valence-electron chi connectivity index (χ0n) is 18.3. The second-order valence-corrected chi connectivity index (χ2v) is 8.12. The minimum Gasteiger partial charge on any atom is -0.441 e. The van der Waals surface area contributed by atoms with Crippen molar-refractivity contribution in [3.8, 4) is 11.5 Å². The molecule has 2 heterocycles. The lowest BCUT2D eigenvalue weighted by Crippen LogP contribution is -2.53. The maximum Gasteiger partial charge on any atom is 0.430 e. The fourth-order valence-corrected chi connectivity index (χ4v) is 4.00. The Hall–Kier alpha value is -3.27. The first-order valence-corrected chi connectivity index (χ1v) is 10.2. The molecule has 0 unspecified atom stereocenters. The standard InChI is InChI=1S/C24H20F6N2O2/c1-13-14(2)32(12-19-15(3)34-21(31-19)16-7-5-4-6-8-16)20-10-9-17(11-18(13)20)22(33,23(25,26)27)24(28,29)30/h4-11,33H,12H2,1-3H3. The highest BCUT2D eigenvalue weighted by atomic mass is 19.4. The van der Waals surface area contributed by atoms with E-state index in [1.165, 1.54) is 0 Å². The third-order valence-electron chi connectivity index (χ3n) is 6.10. The molecule has 0 radical (unpaired) electrons. The van der Waals surface area contributed by atoms with E-state index in [1.54, 1.807) is 25.3 Å². The molecule has 0 aliphatic carbocycles. The van der Waals surface area contributed by atoms with Crippen LogP contribution >= 0.6 is 0 Å². The summed E-state index contributed by atoms with van der Waals surface area (Å²) in [5, 5.41) is 9.96. The maximum atomic E-state index is 13.4. The van der Waals surface area contributed by atoms with Crippen LogP contribution in [0.2, 0.25) is 0 Å². The van der Waals surface area contributed by atoms with Crippen molar-refractivity contribution in [1.82, 2.24) is 9.55 Å². The lowest BCUT2D eigenvalue weighted by molar-refractivity contribution is -0.376. The van der Waals surface area contributed by atoms with E-state index in [-0.39, 0.29) is 11.9 Å². The van der Waals surface area contributed by atoms with Crippen LogP contribution in [0.1, 0.15) is 28.3 Å². The molecule has 0 aliphatic heterocycles. The molecule has 10 heteroatoms. The van der Waals surface area contributed by atoms with E-state index < -0.39 is 23.5 Å². The number of oxazole rings is 1. The summed E-state index contributed by atoms with van der Waals surface area (Å²) < 4.78 is 87.6. The van der Waals surface area contributed by atoms with Crippen molar-refractivity contribution >= 4 is 10.9 Å². The zero-order chi connectivity index (χ0) is 25.1. The highest BCUT2D eigenvalue weighted by Crippen LogP contribution is 2.50. The lowest BCUT2D eigenvalue weighted by Gasteiger charge is -2.32. The Morgan fingerprint density at radius 2 is 1.53 bits per heavy atom. The predicted octanol–water partition coefficient (Wildman–Crippen LogP) is 6.58. The number of hydrogen-bond donors (Lipinski definition) is 1. The molecule has 4 rings (SSSR count). The van der Waals surface area contributed by atoms with Gasteiger partial charge >= 0.3 is 12.4 Å². The molecule has 1 N–H and O–H groups in total. The molecule has 4 nitrogen and oxygen atoms in total. The van der Waals surface area contributed by atoms with Crippen molar-refractivity contribution in [3.63, 3.8) is 0 Å². The van der Waals surface area contributed by atoms with Crippen LogP contribution in [0.3, 0.4) is 0 Å². The fraction of sp³-hybridized carbons (Fsp3) is 0.292. The molecule has 0 atom stereocenters. The molecule has 2 aromatic heterocycles. The van der Waals surface area contributed by atoms with E-state index >= 15 is 0 Å². The summed E-state index contributed by atoms with van der Waals surface area (Å²) in [6.07, 6.45) is -11.9. The van der Waals surface area contributed by atoms with Gasteiger partial charge in [0.05, 0.1) is 6.54 Å². The molecule has 0 aliphatic rings. The second-order valence-electron chi connectivity index (χ2n) is 8.12. The average molecular weight is 482 g/mol. The number of hydrogen-bond acceptors (Lipinski definition) is 3. The molecule has 0 fully saturated rings. The highest BCUT2D eigenvalue weighted by Gasteiger charge is 2.71. The van der Waals surface area contributed by atoms with E-state index in [0.717, 1.165) is 17.7 Å². The van der Waals surface area contributed by atoms with Crippen LogP contribution in [0.15, 0.2) is 52.9 Å². The Bertz CT molecular complexity index is 1340. The first-order valence-electron chi connectivity index (χ1n) is 10.2. The van der Waals surface area contributed by atoms with Crippen molar-refractivity contribution in [1.29, 1.82) is 0 Å². The molecular weight excluding hydrogens is 462 g/mol. The minimum atomic E-state index is -5.95. The smallest absolute Gasteiger partial charge is 0.430 e. The number of alkyl halides is 6. The summed E-state index contributed by atoms with van der Waals surface area (Å²) in [6.45, 7) is 5.24. The van der Waals surface area contributed by atoms with Gasteiger partial charge in [0, 0.05) is 27.7 Å². The zero-order valence-corrected chi connectivity index (χ0v) is 18.3. The summed E-state index contributed by atoms with van der Waals surface area (Å²) >= 11 is 0. The van der Waals surface area contributed by atoms with Crippen LogP contribution in [-0.2, 0) is 12.1 Å². The Balaban J connectivity index is 1.80. The van der Waals surface area contributed by atoms with Crippen molar-refractivity contribution in [2.45, 2.75) is 45.3 Å². The molecule has 34 heavy (non-hydrogen) atoms. The monoisotopic (exact) mass is 482 g/mol. The van der Waals surface area contributed by atoms with Gasteiger partial charge in [-0.25, -0.2) is 4.98 Å². The highest BCUT2D eigenvalue weighted by molar-refractivity contribution is 5.86. The predicted molar refractivity (Wildman–Crippen MR) is 113 cm³/mol. The number of nitrogens with zero attached hydrogens (tertiary/aromatic N) is 2. The molecule has 2 aromatic carbocycles. The number of aryl methyl sites for hydroxylation is 2. The van der Waals surface area contributed by atoms with E-state index in [9.17, 15) is 31.4 Å². The van der Waals surface area contributed by atoms with Crippen LogP contribution in [-0.4, -0.2) is 27.0 Å². The molecule has 0 saturated heterocycles. The normalized spacial score (nSPS) is 13.1. The molecule has 0 saturated carbocycles.